The maximum atomic E-state index is 10.1. The van der Waals surface area contributed by atoms with Gasteiger partial charge in [-0.3, -0.25) is 0 Å². The van der Waals surface area contributed by atoms with Crippen LogP contribution < -0.4 is 4.90 Å². The lowest BCUT2D eigenvalue weighted by Gasteiger charge is -2.37. The fourth-order valence-electron chi connectivity index (χ4n) is 2.28. The third-order valence-electron chi connectivity index (χ3n) is 3.25. The topological polar surface area (TPSA) is 56.6 Å². The minimum atomic E-state index is -0.638. The molecule has 2 rings (SSSR count). The van der Waals surface area contributed by atoms with Crippen LogP contribution in [0, 0.1) is 0 Å². The van der Waals surface area contributed by atoms with Crippen molar-refractivity contribution in [2.24, 2.45) is 0 Å². The molecule has 0 spiro atoms. The number of hydrogen-bond acceptors (Lipinski definition) is 4. The lowest BCUT2D eigenvalue weighted by molar-refractivity contribution is 0.0447. The van der Waals surface area contributed by atoms with E-state index in [0.29, 0.717) is 6.54 Å². The van der Waals surface area contributed by atoms with Crippen molar-refractivity contribution in [3.05, 3.63) is 23.9 Å². The van der Waals surface area contributed by atoms with E-state index in [4.69, 9.17) is 0 Å². The monoisotopic (exact) mass is 236 g/mol. The normalized spacial score (nSPS) is 26.9. The molecule has 2 N–H and O–H groups in total. The van der Waals surface area contributed by atoms with Crippen molar-refractivity contribution < 1.29 is 10.2 Å². The number of rotatable bonds is 2. The Hall–Kier alpha value is -1.13. The Balaban J connectivity index is 2.19. The molecular formula is C13H20N2O2. The molecule has 0 aliphatic carbocycles. The molecule has 1 aromatic heterocycles. The molecule has 1 aromatic rings. The van der Waals surface area contributed by atoms with E-state index in [0.717, 1.165) is 30.8 Å². The Morgan fingerprint density at radius 2 is 2.29 bits per heavy atom. The van der Waals surface area contributed by atoms with Gasteiger partial charge in [-0.2, -0.15) is 0 Å². The Morgan fingerprint density at radius 3 is 2.94 bits per heavy atom. The maximum Gasteiger partial charge on any atom is 0.128 e. The molecule has 0 aromatic carbocycles. The van der Waals surface area contributed by atoms with E-state index in [1.54, 1.807) is 13.1 Å². The number of aromatic nitrogens is 1. The Morgan fingerprint density at radius 1 is 1.53 bits per heavy atom. The third kappa shape index (κ3) is 2.96. The summed E-state index contributed by atoms with van der Waals surface area (Å²) in [5.74, 6) is 0.836. The van der Waals surface area contributed by atoms with Gasteiger partial charge in [-0.05, 0) is 44.4 Å². The van der Waals surface area contributed by atoms with Crippen LogP contribution in [-0.2, 0) is 0 Å². The summed E-state index contributed by atoms with van der Waals surface area (Å²) in [5.41, 5.74) is 0.223. The van der Waals surface area contributed by atoms with Gasteiger partial charge in [0.05, 0.1) is 11.7 Å². The van der Waals surface area contributed by atoms with Gasteiger partial charge in [0.15, 0.2) is 0 Å². The highest BCUT2D eigenvalue weighted by atomic mass is 16.3. The van der Waals surface area contributed by atoms with E-state index in [2.05, 4.69) is 9.88 Å². The van der Waals surface area contributed by atoms with Crippen LogP contribution in [0.1, 0.15) is 38.4 Å². The summed E-state index contributed by atoms with van der Waals surface area (Å²) in [7, 11) is 0. The second kappa shape index (κ2) is 4.63. The Kier molecular flexibility index (Phi) is 3.35. The van der Waals surface area contributed by atoms with Crippen LogP contribution in [0.2, 0.25) is 0 Å². The largest absolute Gasteiger partial charge is 0.389 e. The number of nitrogens with zero attached hydrogens (tertiary/aromatic N) is 2. The van der Waals surface area contributed by atoms with Crippen molar-refractivity contribution >= 4 is 5.82 Å². The molecule has 1 aliphatic rings. The van der Waals surface area contributed by atoms with Crippen LogP contribution >= 0.6 is 0 Å². The van der Waals surface area contributed by atoms with Crippen molar-refractivity contribution in [2.45, 2.75) is 38.4 Å². The smallest absolute Gasteiger partial charge is 0.128 e. The summed E-state index contributed by atoms with van der Waals surface area (Å²) in [4.78, 5) is 6.39. The fraction of sp³-hybridized carbons (Fsp3) is 0.615. The number of β-amino-alcohol motifs (C(OH)–C–C–N with tert-alkyl or cyclic N) is 1. The molecule has 4 heteroatoms. The molecule has 0 bridgehead atoms. The van der Waals surface area contributed by atoms with Gasteiger partial charge in [-0.15, -0.1) is 0 Å². The van der Waals surface area contributed by atoms with Gasteiger partial charge in [0.2, 0.25) is 0 Å². The summed E-state index contributed by atoms with van der Waals surface area (Å²) in [6.07, 6.45) is 3.02. The first-order valence-corrected chi connectivity index (χ1v) is 6.09. The standard InChI is InChI=1S/C13H20N2O2/c1-10(16)11-4-6-14-12(8-11)15-7-3-5-13(2,17)9-15/h4,6,8,10,16-17H,3,5,7,9H2,1-2H3/t10-,13?/m1/s1. The summed E-state index contributed by atoms with van der Waals surface area (Å²) in [6, 6.07) is 3.71. The molecule has 94 valence electrons. The summed E-state index contributed by atoms with van der Waals surface area (Å²) < 4.78 is 0. The zero-order valence-electron chi connectivity index (χ0n) is 10.4. The van der Waals surface area contributed by atoms with Crippen molar-refractivity contribution in [1.82, 2.24) is 4.98 Å². The molecule has 1 saturated heterocycles. The molecule has 0 amide bonds. The highest BCUT2D eigenvalue weighted by Crippen LogP contribution is 2.25. The minimum Gasteiger partial charge on any atom is -0.389 e. The first-order valence-electron chi connectivity index (χ1n) is 6.09. The zero-order valence-corrected chi connectivity index (χ0v) is 10.4. The average Bonchev–Trinajstić information content (AvgIpc) is 2.28. The molecule has 1 aliphatic heterocycles. The van der Waals surface area contributed by atoms with Gasteiger partial charge in [0.25, 0.3) is 0 Å². The van der Waals surface area contributed by atoms with Gasteiger partial charge < -0.3 is 15.1 Å². The molecule has 17 heavy (non-hydrogen) atoms. The number of piperidine rings is 1. The van der Waals surface area contributed by atoms with Gasteiger partial charge in [0, 0.05) is 19.3 Å². The summed E-state index contributed by atoms with van der Waals surface area (Å²) >= 11 is 0. The van der Waals surface area contributed by atoms with Gasteiger partial charge in [-0.25, -0.2) is 4.98 Å². The van der Waals surface area contributed by atoms with Crippen LogP contribution in [0.3, 0.4) is 0 Å². The lowest BCUT2D eigenvalue weighted by atomic mass is 9.95. The average molecular weight is 236 g/mol. The number of aliphatic hydroxyl groups is 2. The Bertz CT molecular complexity index is 391. The van der Waals surface area contributed by atoms with Crippen molar-refractivity contribution in [3.8, 4) is 0 Å². The molecular weight excluding hydrogens is 216 g/mol. The van der Waals surface area contributed by atoms with E-state index in [1.807, 2.05) is 19.1 Å². The fourth-order valence-corrected chi connectivity index (χ4v) is 2.28. The minimum absolute atomic E-state index is 0.484. The quantitative estimate of drug-likeness (QED) is 0.816. The van der Waals surface area contributed by atoms with E-state index in [-0.39, 0.29) is 0 Å². The molecule has 1 unspecified atom stereocenters. The molecule has 2 atom stereocenters. The highest BCUT2D eigenvalue weighted by molar-refractivity contribution is 5.42. The SMILES string of the molecule is C[C@@H](O)c1ccnc(N2CCCC(C)(O)C2)c1. The summed E-state index contributed by atoms with van der Waals surface area (Å²) in [5, 5.41) is 19.6. The van der Waals surface area contributed by atoms with Crippen molar-refractivity contribution in [2.75, 3.05) is 18.0 Å². The predicted molar refractivity (Wildman–Crippen MR) is 66.9 cm³/mol. The van der Waals surface area contributed by atoms with Crippen molar-refractivity contribution in [3.63, 3.8) is 0 Å². The second-order valence-electron chi connectivity index (χ2n) is 5.15. The van der Waals surface area contributed by atoms with E-state index < -0.39 is 11.7 Å². The van der Waals surface area contributed by atoms with Crippen LogP contribution in [-0.4, -0.2) is 33.9 Å². The predicted octanol–water partition coefficient (Wildman–Crippen LogP) is 1.49. The number of aliphatic hydroxyl groups excluding tert-OH is 1. The van der Waals surface area contributed by atoms with E-state index in [9.17, 15) is 10.2 Å². The van der Waals surface area contributed by atoms with Crippen molar-refractivity contribution in [1.29, 1.82) is 0 Å². The molecule has 0 radical (unpaired) electrons. The van der Waals surface area contributed by atoms with E-state index in [1.165, 1.54) is 0 Å². The molecule has 1 fully saturated rings. The first-order chi connectivity index (χ1) is 7.98. The highest BCUT2D eigenvalue weighted by Gasteiger charge is 2.29. The van der Waals surface area contributed by atoms with Gasteiger partial charge >= 0.3 is 0 Å². The van der Waals surface area contributed by atoms with E-state index >= 15 is 0 Å². The number of pyridine rings is 1. The number of anilines is 1. The maximum absolute atomic E-state index is 10.1. The summed E-state index contributed by atoms with van der Waals surface area (Å²) in [6.45, 7) is 5.11. The first kappa shape index (κ1) is 12.3. The van der Waals surface area contributed by atoms with Crippen LogP contribution in [0.15, 0.2) is 18.3 Å². The van der Waals surface area contributed by atoms with Crippen LogP contribution in [0.25, 0.3) is 0 Å². The zero-order chi connectivity index (χ0) is 12.5. The lowest BCUT2D eigenvalue weighted by Crippen LogP contribution is -2.46. The molecule has 0 saturated carbocycles. The molecule has 4 nitrogen and oxygen atoms in total. The third-order valence-corrected chi connectivity index (χ3v) is 3.25. The van der Waals surface area contributed by atoms with Crippen LogP contribution in [0.5, 0.6) is 0 Å². The van der Waals surface area contributed by atoms with Gasteiger partial charge in [0.1, 0.15) is 5.82 Å². The van der Waals surface area contributed by atoms with Crippen LogP contribution in [0.4, 0.5) is 5.82 Å². The molecule has 2 heterocycles. The second-order valence-corrected chi connectivity index (χ2v) is 5.15. The van der Waals surface area contributed by atoms with Gasteiger partial charge in [-0.1, -0.05) is 0 Å². The number of hydrogen-bond donors (Lipinski definition) is 2. The Labute approximate surface area is 102 Å².